The molecule has 1 heterocycles. The summed E-state index contributed by atoms with van der Waals surface area (Å²) >= 11 is 0. The molecular weight excluding hydrogens is 348 g/mol. The van der Waals surface area contributed by atoms with Gasteiger partial charge in [-0.15, -0.1) is 0 Å². The highest BCUT2D eigenvalue weighted by Gasteiger charge is 2.39. The fourth-order valence-corrected chi connectivity index (χ4v) is 4.10. The lowest BCUT2D eigenvalue weighted by Crippen LogP contribution is -2.57. The van der Waals surface area contributed by atoms with Gasteiger partial charge in [-0.2, -0.15) is 0 Å². The molecule has 2 aliphatic rings. The van der Waals surface area contributed by atoms with E-state index < -0.39 is 11.9 Å². The first-order chi connectivity index (χ1) is 13.0. The van der Waals surface area contributed by atoms with Crippen LogP contribution < -0.4 is 5.32 Å². The SMILES string of the molecule is COC(=O)c1cc(NC(=O)CN2C[C@@H]3CCCCC[C@@H]32)cc(C(=O)OC)c1. The number of benzene rings is 1. The van der Waals surface area contributed by atoms with Crippen LogP contribution >= 0.6 is 0 Å². The van der Waals surface area contributed by atoms with Crippen molar-refractivity contribution in [3.63, 3.8) is 0 Å². The zero-order valence-electron chi connectivity index (χ0n) is 15.8. The van der Waals surface area contributed by atoms with Crippen molar-refractivity contribution < 1.29 is 23.9 Å². The molecule has 0 bridgehead atoms. The van der Waals surface area contributed by atoms with Crippen LogP contribution in [0.4, 0.5) is 5.69 Å². The number of nitrogens with one attached hydrogen (secondary N) is 1. The zero-order chi connectivity index (χ0) is 19.4. The molecule has 7 heteroatoms. The summed E-state index contributed by atoms with van der Waals surface area (Å²) in [6, 6.07) is 4.89. The molecule has 0 aromatic heterocycles. The Bertz CT molecular complexity index is 699. The molecule has 0 spiro atoms. The monoisotopic (exact) mass is 374 g/mol. The molecule has 2 fully saturated rings. The van der Waals surface area contributed by atoms with Gasteiger partial charge in [-0.05, 0) is 37.0 Å². The Morgan fingerprint density at radius 2 is 1.63 bits per heavy atom. The Balaban J connectivity index is 1.67. The second-order valence-corrected chi connectivity index (χ2v) is 7.23. The van der Waals surface area contributed by atoms with Gasteiger partial charge in [-0.25, -0.2) is 9.59 Å². The smallest absolute Gasteiger partial charge is 0.337 e. The second kappa shape index (κ2) is 8.52. The number of methoxy groups -OCH3 is 2. The van der Waals surface area contributed by atoms with Gasteiger partial charge < -0.3 is 14.8 Å². The largest absolute Gasteiger partial charge is 0.465 e. The van der Waals surface area contributed by atoms with Crippen LogP contribution in [0.3, 0.4) is 0 Å². The van der Waals surface area contributed by atoms with Gasteiger partial charge in [-0.1, -0.05) is 19.3 Å². The van der Waals surface area contributed by atoms with Crippen LogP contribution in [0.1, 0.15) is 52.8 Å². The summed E-state index contributed by atoms with van der Waals surface area (Å²) in [4.78, 5) is 38.4. The van der Waals surface area contributed by atoms with E-state index in [2.05, 4.69) is 10.2 Å². The van der Waals surface area contributed by atoms with E-state index in [0.29, 0.717) is 24.2 Å². The Morgan fingerprint density at radius 1 is 1.00 bits per heavy atom. The molecule has 1 amide bonds. The minimum atomic E-state index is -0.583. The summed E-state index contributed by atoms with van der Waals surface area (Å²) in [6.07, 6.45) is 6.21. The molecule has 146 valence electrons. The Morgan fingerprint density at radius 3 is 2.26 bits per heavy atom. The topological polar surface area (TPSA) is 84.9 Å². The summed E-state index contributed by atoms with van der Waals surface area (Å²) in [5.41, 5.74) is 0.744. The van der Waals surface area contributed by atoms with Crippen LogP contribution in [-0.4, -0.2) is 56.1 Å². The van der Waals surface area contributed by atoms with E-state index >= 15 is 0 Å². The number of likely N-dealkylation sites (tertiary alicyclic amines) is 1. The van der Waals surface area contributed by atoms with E-state index in [1.54, 1.807) is 0 Å². The van der Waals surface area contributed by atoms with Crippen LogP contribution in [0.5, 0.6) is 0 Å². The zero-order valence-corrected chi connectivity index (χ0v) is 15.8. The normalized spacial score (nSPS) is 22.0. The molecule has 3 rings (SSSR count). The van der Waals surface area contributed by atoms with Crippen molar-refractivity contribution >= 4 is 23.5 Å². The molecule has 1 aromatic rings. The maximum Gasteiger partial charge on any atom is 0.337 e. The number of carbonyl (C=O) groups excluding carboxylic acids is 3. The van der Waals surface area contributed by atoms with Gasteiger partial charge in [0.25, 0.3) is 0 Å². The van der Waals surface area contributed by atoms with Gasteiger partial charge in [0, 0.05) is 18.3 Å². The molecule has 2 atom stereocenters. The number of hydrogen-bond donors (Lipinski definition) is 1. The third-order valence-electron chi connectivity index (χ3n) is 5.46. The van der Waals surface area contributed by atoms with Crippen LogP contribution in [0.15, 0.2) is 18.2 Å². The summed E-state index contributed by atoms with van der Waals surface area (Å²) in [7, 11) is 2.52. The number of amides is 1. The van der Waals surface area contributed by atoms with Crippen molar-refractivity contribution in [2.24, 2.45) is 5.92 Å². The van der Waals surface area contributed by atoms with Gasteiger partial charge in [0.05, 0.1) is 31.9 Å². The maximum atomic E-state index is 12.5. The molecule has 0 unspecified atom stereocenters. The van der Waals surface area contributed by atoms with Crippen LogP contribution in [0.25, 0.3) is 0 Å². The van der Waals surface area contributed by atoms with Crippen molar-refractivity contribution in [1.29, 1.82) is 0 Å². The number of esters is 2. The van der Waals surface area contributed by atoms with Crippen LogP contribution in [0.2, 0.25) is 0 Å². The Hall–Kier alpha value is -2.41. The summed E-state index contributed by atoms with van der Waals surface area (Å²) in [5, 5.41) is 2.79. The van der Waals surface area contributed by atoms with E-state index in [9.17, 15) is 14.4 Å². The molecule has 27 heavy (non-hydrogen) atoms. The lowest BCUT2D eigenvalue weighted by Gasteiger charge is -2.47. The number of anilines is 1. The lowest BCUT2D eigenvalue weighted by atomic mass is 9.84. The minimum absolute atomic E-state index is 0.157. The molecule has 1 N–H and O–H groups in total. The first-order valence-corrected chi connectivity index (χ1v) is 9.37. The quantitative estimate of drug-likeness (QED) is 0.797. The first kappa shape index (κ1) is 19.4. The predicted octanol–water partition coefficient (Wildman–Crippen LogP) is 2.46. The van der Waals surface area contributed by atoms with E-state index in [-0.39, 0.29) is 17.0 Å². The first-order valence-electron chi connectivity index (χ1n) is 9.37. The maximum absolute atomic E-state index is 12.5. The van der Waals surface area contributed by atoms with E-state index in [1.807, 2.05) is 0 Å². The molecule has 1 aromatic carbocycles. The Labute approximate surface area is 159 Å². The Kier molecular flexibility index (Phi) is 6.11. The highest BCUT2D eigenvalue weighted by molar-refractivity contribution is 5.99. The molecule has 0 radical (unpaired) electrons. The molecule has 7 nitrogen and oxygen atoms in total. The third-order valence-corrected chi connectivity index (χ3v) is 5.46. The third kappa shape index (κ3) is 4.47. The van der Waals surface area contributed by atoms with E-state index in [1.165, 1.54) is 58.1 Å². The molecular formula is C20H26N2O5. The standard InChI is InChI=1S/C20H26N2O5/c1-26-19(24)14-8-15(20(25)27-2)10-16(9-14)21-18(23)12-22-11-13-6-4-3-5-7-17(13)22/h8-10,13,17H,3-7,11-12H2,1-2H3,(H,21,23)/t13-,17-/m0/s1. The van der Waals surface area contributed by atoms with Crippen molar-refractivity contribution in [2.75, 3.05) is 32.6 Å². The van der Waals surface area contributed by atoms with Gasteiger partial charge in [-0.3, -0.25) is 9.69 Å². The van der Waals surface area contributed by atoms with E-state index in [4.69, 9.17) is 9.47 Å². The minimum Gasteiger partial charge on any atom is -0.465 e. The van der Waals surface area contributed by atoms with Gasteiger partial charge in [0.1, 0.15) is 0 Å². The number of ether oxygens (including phenoxy) is 2. The number of rotatable bonds is 5. The predicted molar refractivity (Wildman–Crippen MR) is 99.7 cm³/mol. The average Bonchev–Trinajstić information content (AvgIpc) is 2.85. The van der Waals surface area contributed by atoms with Gasteiger partial charge in [0.15, 0.2) is 0 Å². The number of hydrogen-bond acceptors (Lipinski definition) is 6. The van der Waals surface area contributed by atoms with Crippen molar-refractivity contribution in [3.8, 4) is 0 Å². The fraction of sp³-hybridized carbons (Fsp3) is 0.550. The number of carbonyl (C=O) groups is 3. The highest BCUT2D eigenvalue weighted by atomic mass is 16.5. The van der Waals surface area contributed by atoms with Crippen LogP contribution in [-0.2, 0) is 14.3 Å². The van der Waals surface area contributed by atoms with Crippen molar-refractivity contribution in [2.45, 2.75) is 38.1 Å². The molecule has 1 saturated heterocycles. The average molecular weight is 374 g/mol. The van der Waals surface area contributed by atoms with Gasteiger partial charge >= 0.3 is 11.9 Å². The number of fused-ring (bicyclic) bond motifs is 1. The van der Waals surface area contributed by atoms with Crippen molar-refractivity contribution in [1.82, 2.24) is 4.90 Å². The fourth-order valence-electron chi connectivity index (χ4n) is 4.10. The number of nitrogens with zero attached hydrogens (tertiary/aromatic N) is 1. The summed E-state index contributed by atoms with van der Waals surface area (Å²) in [5.74, 6) is -0.606. The molecule has 1 aliphatic heterocycles. The molecule has 1 saturated carbocycles. The second-order valence-electron chi connectivity index (χ2n) is 7.23. The highest BCUT2D eigenvalue weighted by Crippen LogP contribution is 2.35. The molecule has 1 aliphatic carbocycles. The van der Waals surface area contributed by atoms with Gasteiger partial charge in [0.2, 0.25) is 5.91 Å². The van der Waals surface area contributed by atoms with Crippen LogP contribution in [0, 0.1) is 5.92 Å². The van der Waals surface area contributed by atoms with Crippen molar-refractivity contribution in [3.05, 3.63) is 29.3 Å². The van der Waals surface area contributed by atoms with E-state index in [0.717, 1.165) is 13.0 Å². The summed E-state index contributed by atoms with van der Waals surface area (Å²) < 4.78 is 9.43. The lowest BCUT2D eigenvalue weighted by molar-refractivity contribution is -0.121. The summed E-state index contributed by atoms with van der Waals surface area (Å²) in [6.45, 7) is 1.28.